The lowest BCUT2D eigenvalue weighted by Gasteiger charge is -2.22. The van der Waals surface area contributed by atoms with Crippen LogP contribution < -0.4 is 4.90 Å². The van der Waals surface area contributed by atoms with Gasteiger partial charge in [0.1, 0.15) is 5.60 Å². The maximum atomic E-state index is 11.7. The maximum Gasteiger partial charge on any atom is 0.418 e. The number of hydrogen-bond acceptors (Lipinski definition) is 5. The summed E-state index contributed by atoms with van der Waals surface area (Å²) in [6.07, 6.45) is -0.666. The lowest BCUT2D eigenvalue weighted by atomic mass is 10.2. The van der Waals surface area contributed by atoms with Gasteiger partial charge in [-0.2, -0.15) is 4.98 Å². The summed E-state index contributed by atoms with van der Waals surface area (Å²) < 4.78 is 10.1. The largest absolute Gasteiger partial charge is 0.475 e. The molecule has 1 aromatic heterocycles. The van der Waals surface area contributed by atoms with Crippen molar-refractivity contribution in [1.82, 2.24) is 4.98 Å². The molecular formula is C11H16N2O5. The molecule has 0 radical (unpaired) electrons. The van der Waals surface area contributed by atoms with Gasteiger partial charge < -0.3 is 14.3 Å². The van der Waals surface area contributed by atoms with E-state index in [-0.39, 0.29) is 17.5 Å². The molecule has 0 aliphatic heterocycles. The summed E-state index contributed by atoms with van der Waals surface area (Å²) in [5.74, 6) is -1.52. The van der Waals surface area contributed by atoms with Gasteiger partial charge in [0, 0.05) is 7.05 Å². The standard InChI is InChI=1S/C11H16N2O5/c1-6-7(8(14)15)17-9(12-6)13(5)10(16)18-11(2,3)4/h1-5H3,(H,14,15). The van der Waals surface area contributed by atoms with Gasteiger partial charge >= 0.3 is 18.1 Å². The number of hydrogen-bond donors (Lipinski definition) is 1. The highest BCUT2D eigenvalue weighted by atomic mass is 16.6. The van der Waals surface area contributed by atoms with E-state index in [1.54, 1.807) is 20.8 Å². The first-order valence-electron chi connectivity index (χ1n) is 5.29. The van der Waals surface area contributed by atoms with Crippen LogP contribution in [-0.4, -0.2) is 34.8 Å². The molecule has 0 atom stereocenters. The SMILES string of the molecule is Cc1nc(N(C)C(=O)OC(C)(C)C)oc1C(=O)O. The van der Waals surface area contributed by atoms with Crippen molar-refractivity contribution in [2.24, 2.45) is 0 Å². The Kier molecular flexibility index (Phi) is 3.64. The molecule has 0 saturated carbocycles. The van der Waals surface area contributed by atoms with E-state index < -0.39 is 17.7 Å². The summed E-state index contributed by atoms with van der Waals surface area (Å²) in [5, 5.41) is 8.82. The topological polar surface area (TPSA) is 92.9 Å². The fourth-order valence-corrected chi connectivity index (χ4v) is 1.13. The Morgan fingerprint density at radius 1 is 1.39 bits per heavy atom. The van der Waals surface area contributed by atoms with Crippen LogP contribution in [0.4, 0.5) is 10.8 Å². The number of aromatic nitrogens is 1. The number of ether oxygens (including phenoxy) is 1. The first kappa shape index (κ1) is 14.0. The summed E-state index contributed by atoms with van der Waals surface area (Å²) in [7, 11) is 1.39. The second kappa shape index (κ2) is 4.67. The number of carbonyl (C=O) groups is 2. The van der Waals surface area contributed by atoms with Gasteiger partial charge in [-0.3, -0.25) is 0 Å². The summed E-state index contributed by atoms with van der Waals surface area (Å²) >= 11 is 0. The summed E-state index contributed by atoms with van der Waals surface area (Å²) in [6.45, 7) is 6.66. The van der Waals surface area contributed by atoms with Crippen molar-refractivity contribution < 1.29 is 23.8 Å². The van der Waals surface area contributed by atoms with Crippen molar-refractivity contribution >= 4 is 18.1 Å². The number of aryl methyl sites for hydroxylation is 1. The zero-order valence-electron chi connectivity index (χ0n) is 11.0. The average Bonchev–Trinajstić information content (AvgIpc) is 2.56. The molecule has 0 saturated heterocycles. The molecule has 1 amide bonds. The Balaban J connectivity index is 2.91. The zero-order chi connectivity index (χ0) is 14.1. The number of amides is 1. The molecule has 1 N–H and O–H groups in total. The Morgan fingerprint density at radius 2 is 1.94 bits per heavy atom. The monoisotopic (exact) mass is 256 g/mol. The average molecular weight is 256 g/mol. The van der Waals surface area contributed by atoms with Gasteiger partial charge in [-0.15, -0.1) is 0 Å². The molecule has 0 unspecified atom stereocenters. The number of nitrogens with zero attached hydrogens (tertiary/aromatic N) is 2. The van der Waals surface area contributed by atoms with Crippen LogP contribution in [0.3, 0.4) is 0 Å². The summed E-state index contributed by atoms with van der Waals surface area (Å²) in [6, 6.07) is -0.112. The number of rotatable bonds is 2. The Hall–Kier alpha value is -2.05. The van der Waals surface area contributed by atoms with Gasteiger partial charge in [0.05, 0.1) is 5.69 Å². The Labute approximate surface area is 104 Å². The zero-order valence-corrected chi connectivity index (χ0v) is 11.0. The second-order valence-electron chi connectivity index (χ2n) is 4.76. The minimum atomic E-state index is -1.23. The highest BCUT2D eigenvalue weighted by Gasteiger charge is 2.25. The molecule has 18 heavy (non-hydrogen) atoms. The summed E-state index contributed by atoms with van der Waals surface area (Å²) in [5.41, 5.74) is -0.448. The Bertz CT molecular complexity index is 472. The van der Waals surface area contributed by atoms with Crippen molar-refractivity contribution in [3.05, 3.63) is 11.5 Å². The smallest absolute Gasteiger partial charge is 0.418 e. The highest BCUT2D eigenvalue weighted by Crippen LogP contribution is 2.19. The van der Waals surface area contributed by atoms with E-state index >= 15 is 0 Å². The quantitative estimate of drug-likeness (QED) is 0.870. The van der Waals surface area contributed by atoms with E-state index in [1.165, 1.54) is 14.0 Å². The van der Waals surface area contributed by atoms with Gasteiger partial charge in [-0.25, -0.2) is 14.5 Å². The van der Waals surface area contributed by atoms with Crippen molar-refractivity contribution in [2.75, 3.05) is 11.9 Å². The van der Waals surface area contributed by atoms with E-state index in [1.807, 2.05) is 0 Å². The van der Waals surface area contributed by atoms with E-state index in [2.05, 4.69) is 4.98 Å². The summed E-state index contributed by atoms with van der Waals surface area (Å²) in [4.78, 5) is 27.4. The van der Waals surface area contributed by atoms with Crippen molar-refractivity contribution in [2.45, 2.75) is 33.3 Å². The lowest BCUT2D eigenvalue weighted by molar-refractivity contribution is 0.0574. The highest BCUT2D eigenvalue weighted by molar-refractivity contribution is 5.88. The van der Waals surface area contributed by atoms with Crippen molar-refractivity contribution in [3.63, 3.8) is 0 Å². The second-order valence-corrected chi connectivity index (χ2v) is 4.76. The molecule has 0 spiro atoms. The molecule has 0 fully saturated rings. The van der Waals surface area contributed by atoms with E-state index in [4.69, 9.17) is 14.3 Å². The molecule has 1 aromatic rings. The molecule has 7 heteroatoms. The minimum absolute atomic E-state index is 0.112. The normalized spacial score (nSPS) is 11.2. The van der Waals surface area contributed by atoms with E-state index in [0.29, 0.717) is 0 Å². The number of carboxylic acid groups (broad SMARTS) is 1. The number of oxazole rings is 1. The molecule has 0 aliphatic rings. The molecule has 100 valence electrons. The first-order valence-corrected chi connectivity index (χ1v) is 5.29. The van der Waals surface area contributed by atoms with Gasteiger partial charge in [-0.05, 0) is 27.7 Å². The third-order valence-electron chi connectivity index (χ3n) is 1.93. The number of carbonyl (C=O) groups excluding carboxylic acids is 1. The Morgan fingerprint density at radius 3 is 2.33 bits per heavy atom. The van der Waals surface area contributed by atoms with E-state index in [0.717, 1.165) is 4.90 Å². The third-order valence-corrected chi connectivity index (χ3v) is 1.93. The van der Waals surface area contributed by atoms with Crippen LogP contribution in [0.5, 0.6) is 0 Å². The fraction of sp³-hybridized carbons (Fsp3) is 0.545. The van der Waals surface area contributed by atoms with Crippen molar-refractivity contribution in [3.8, 4) is 0 Å². The van der Waals surface area contributed by atoms with Crippen LogP contribution in [0.2, 0.25) is 0 Å². The van der Waals surface area contributed by atoms with Crippen LogP contribution in [0, 0.1) is 6.92 Å². The van der Waals surface area contributed by atoms with Gasteiger partial charge in [-0.1, -0.05) is 0 Å². The van der Waals surface area contributed by atoms with Crippen LogP contribution >= 0.6 is 0 Å². The van der Waals surface area contributed by atoms with E-state index in [9.17, 15) is 9.59 Å². The number of aromatic carboxylic acids is 1. The molecule has 0 bridgehead atoms. The van der Waals surface area contributed by atoms with Crippen LogP contribution in [0.1, 0.15) is 37.0 Å². The lowest BCUT2D eigenvalue weighted by Crippen LogP contribution is -2.34. The molecule has 0 aliphatic carbocycles. The van der Waals surface area contributed by atoms with Crippen LogP contribution in [-0.2, 0) is 4.74 Å². The number of anilines is 1. The predicted octanol–water partition coefficient (Wildman–Crippen LogP) is 2.05. The molecule has 7 nitrogen and oxygen atoms in total. The fourth-order valence-electron chi connectivity index (χ4n) is 1.13. The van der Waals surface area contributed by atoms with Gasteiger partial charge in [0.2, 0.25) is 5.76 Å². The minimum Gasteiger partial charge on any atom is -0.475 e. The molecular weight excluding hydrogens is 240 g/mol. The first-order chi connectivity index (χ1) is 8.11. The van der Waals surface area contributed by atoms with Crippen LogP contribution in [0.15, 0.2) is 4.42 Å². The molecule has 1 heterocycles. The predicted molar refractivity (Wildman–Crippen MR) is 62.8 cm³/mol. The maximum absolute atomic E-state index is 11.7. The third kappa shape index (κ3) is 3.22. The number of carboxylic acids is 1. The van der Waals surface area contributed by atoms with Crippen molar-refractivity contribution in [1.29, 1.82) is 0 Å². The van der Waals surface area contributed by atoms with Crippen LogP contribution in [0.25, 0.3) is 0 Å². The molecule has 0 aromatic carbocycles. The molecule has 1 rings (SSSR count). The van der Waals surface area contributed by atoms with Gasteiger partial charge in [0.15, 0.2) is 0 Å². The van der Waals surface area contributed by atoms with Gasteiger partial charge in [0.25, 0.3) is 0 Å².